The smallest absolute Gasteiger partial charge is 0.263 e. The summed E-state index contributed by atoms with van der Waals surface area (Å²) in [6.45, 7) is 1.88. The van der Waals surface area contributed by atoms with Crippen molar-refractivity contribution < 1.29 is 8.42 Å². The summed E-state index contributed by atoms with van der Waals surface area (Å²) in [5.74, 6) is 0. The number of halogens is 3. The van der Waals surface area contributed by atoms with E-state index in [0.29, 0.717) is 19.7 Å². The number of benzene rings is 2. The van der Waals surface area contributed by atoms with Crippen molar-refractivity contribution in [3.05, 3.63) is 55.9 Å². The third kappa shape index (κ3) is 3.55. The van der Waals surface area contributed by atoms with Crippen LogP contribution in [0.5, 0.6) is 0 Å². The molecule has 0 aliphatic heterocycles. The van der Waals surface area contributed by atoms with E-state index in [9.17, 15) is 8.42 Å². The molecule has 0 aromatic heterocycles. The van der Waals surface area contributed by atoms with Gasteiger partial charge in [-0.05, 0) is 58.7 Å². The van der Waals surface area contributed by atoms with Crippen LogP contribution in [0.25, 0.3) is 0 Å². The molecule has 0 radical (unpaired) electrons. The Morgan fingerprint density at radius 1 is 1.10 bits per heavy atom. The maximum absolute atomic E-state index is 12.4. The molecule has 0 bridgehead atoms. The molecule has 0 unspecified atom stereocenters. The summed E-state index contributed by atoms with van der Waals surface area (Å²) in [5.41, 5.74) is 1.31. The molecule has 0 fully saturated rings. The third-order valence-electron chi connectivity index (χ3n) is 2.55. The van der Waals surface area contributed by atoms with Crippen LogP contribution in [0.4, 0.5) is 5.69 Å². The van der Waals surface area contributed by atoms with Crippen molar-refractivity contribution >= 4 is 59.2 Å². The van der Waals surface area contributed by atoms with Crippen LogP contribution in [0.2, 0.25) is 5.02 Å². The maximum Gasteiger partial charge on any atom is 0.263 e. The van der Waals surface area contributed by atoms with E-state index in [1.54, 1.807) is 30.3 Å². The number of hydrogen-bond acceptors (Lipinski definition) is 2. The lowest BCUT2D eigenvalue weighted by molar-refractivity contribution is 0.600. The van der Waals surface area contributed by atoms with Gasteiger partial charge in [0.2, 0.25) is 0 Å². The van der Waals surface area contributed by atoms with Crippen molar-refractivity contribution in [3.8, 4) is 0 Å². The lowest BCUT2D eigenvalue weighted by Crippen LogP contribution is -2.14. The molecule has 106 valence electrons. The Hall–Kier alpha value is -0.560. The molecule has 2 aromatic rings. The van der Waals surface area contributed by atoms with E-state index in [1.807, 2.05) is 6.92 Å². The first-order chi connectivity index (χ1) is 9.29. The second kappa shape index (κ2) is 6.05. The minimum atomic E-state index is -3.71. The van der Waals surface area contributed by atoms with Gasteiger partial charge in [0.15, 0.2) is 0 Å². The molecule has 1 N–H and O–H groups in total. The van der Waals surface area contributed by atoms with Crippen LogP contribution in [-0.2, 0) is 10.0 Å². The highest BCUT2D eigenvalue weighted by atomic mass is 79.9. The maximum atomic E-state index is 12.4. The molecule has 0 aliphatic rings. The zero-order valence-corrected chi connectivity index (χ0v) is 15.1. The Labute approximate surface area is 139 Å². The second-order valence-corrected chi connectivity index (χ2v) is 7.99. The third-order valence-corrected chi connectivity index (χ3v) is 5.72. The Bertz CT molecular complexity index is 763. The molecule has 0 saturated heterocycles. The monoisotopic (exact) mass is 437 g/mol. The van der Waals surface area contributed by atoms with Gasteiger partial charge in [-0.15, -0.1) is 0 Å². The lowest BCUT2D eigenvalue weighted by atomic mass is 10.2. The first-order valence-corrected chi connectivity index (χ1v) is 8.98. The highest BCUT2D eigenvalue weighted by Gasteiger charge is 2.19. The van der Waals surface area contributed by atoms with Gasteiger partial charge in [0.05, 0.1) is 10.7 Å². The van der Waals surface area contributed by atoms with E-state index < -0.39 is 10.0 Å². The predicted molar refractivity (Wildman–Crippen MR) is 88.8 cm³/mol. The summed E-state index contributed by atoms with van der Waals surface area (Å²) in [7, 11) is -3.71. The van der Waals surface area contributed by atoms with Gasteiger partial charge in [-0.3, -0.25) is 4.72 Å². The summed E-state index contributed by atoms with van der Waals surface area (Å²) in [6, 6.07) is 10.1. The van der Waals surface area contributed by atoms with E-state index in [1.165, 1.54) is 6.07 Å². The van der Waals surface area contributed by atoms with Crippen molar-refractivity contribution in [2.24, 2.45) is 0 Å². The second-order valence-electron chi connectivity index (χ2n) is 4.16. The normalized spacial score (nSPS) is 11.4. The average Bonchev–Trinajstić information content (AvgIpc) is 2.35. The Morgan fingerprint density at radius 2 is 1.80 bits per heavy atom. The summed E-state index contributed by atoms with van der Waals surface area (Å²) in [4.78, 5) is 0.142. The van der Waals surface area contributed by atoms with Crippen LogP contribution in [-0.4, -0.2) is 8.42 Å². The molecule has 0 spiro atoms. The number of rotatable bonds is 3. The van der Waals surface area contributed by atoms with Crippen LogP contribution in [0, 0.1) is 6.92 Å². The van der Waals surface area contributed by atoms with Crippen LogP contribution in [0.15, 0.2) is 50.2 Å². The predicted octanol–water partition coefficient (Wildman–Crippen LogP) is 4.97. The van der Waals surface area contributed by atoms with Gasteiger partial charge in [0.25, 0.3) is 10.0 Å². The minimum absolute atomic E-state index is 0.142. The Kier molecular flexibility index (Phi) is 4.79. The Balaban J connectivity index is 2.43. The summed E-state index contributed by atoms with van der Waals surface area (Å²) < 4.78 is 28.4. The van der Waals surface area contributed by atoms with Crippen molar-refractivity contribution in [1.82, 2.24) is 0 Å². The molecule has 7 heteroatoms. The number of nitrogens with one attached hydrogen (secondary N) is 1. The van der Waals surface area contributed by atoms with Crippen molar-refractivity contribution in [1.29, 1.82) is 0 Å². The summed E-state index contributed by atoms with van der Waals surface area (Å²) >= 11 is 12.5. The van der Waals surface area contributed by atoms with Gasteiger partial charge >= 0.3 is 0 Å². The first kappa shape index (κ1) is 15.8. The van der Waals surface area contributed by atoms with Crippen molar-refractivity contribution in [2.45, 2.75) is 11.8 Å². The molecular formula is C13H10Br2ClNO2S. The standard InChI is InChI=1S/C13H10Br2ClNO2S/c1-8-2-5-12(11(16)6-8)17-20(18,19)13-7-9(14)3-4-10(13)15/h2-7,17H,1H3. The Morgan fingerprint density at radius 3 is 2.45 bits per heavy atom. The molecule has 20 heavy (non-hydrogen) atoms. The quantitative estimate of drug-likeness (QED) is 0.734. The zero-order valence-electron chi connectivity index (χ0n) is 10.3. The van der Waals surface area contributed by atoms with Gasteiger partial charge in [0, 0.05) is 8.95 Å². The number of aryl methyl sites for hydroxylation is 1. The highest BCUT2D eigenvalue weighted by molar-refractivity contribution is 9.11. The van der Waals surface area contributed by atoms with Gasteiger partial charge in [-0.25, -0.2) is 8.42 Å². The molecule has 0 heterocycles. The van der Waals surface area contributed by atoms with E-state index in [4.69, 9.17) is 11.6 Å². The van der Waals surface area contributed by atoms with Crippen LogP contribution in [0.1, 0.15) is 5.56 Å². The van der Waals surface area contributed by atoms with E-state index in [2.05, 4.69) is 36.6 Å². The fourth-order valence-electron chi connectivity index (χ4n) is 1.59. The molecule has 0 amide bonds. The first-order valence-electron chi connectivity index (χ1n) is 5.53. The molecule has 2 aromatic carbocycles. The number of sulfonamides is 1. The molecule has 0 atom stereocenters. The van der Waals surface area contributed by atoms with Gasteiger partial charge in [-0.2, -0.15) is 0 Å². The SMILES string of the molecule is Cc1ccc(NS(=O)(=O)c2cc(Br)ccc2Br)c(Cl)c1. The lowest BCUT2D eigenvalue weighted by Gasteiger charge is -2.11. The highest BCUT2D eigenvalue weighted by Crippen LogP contribution is 2.30. The molecule has 0 saturated carbocycles. The largest absolute Gasteiger partial charge is 0.278 e. The fourth-order valence-corrected chi connectivity index (χ4v) is 4.51. The summed E-state index contributed by atoms with van der Waals surface area (Å²) in [5, 5.41) is 0.361. The van der Waals surface area contributed by atoms with Gasteiger partial charge < -0.3 is 0 Å². The average molecular weight is 440 g/mol. The van der Waals surface area contributed by atoms with Crippen molar-refractivity contribution in [2.75, 3.05) is 4.72 Å². The molecule has 3 nitrogen and oxygen atoms in total. The fraction of sp³-hybridized carbons (Fsp3) is 0.0769. The van der Waals surface area contributed by atoms with E-state index in [0.717, 1.165) is 5.56 Å². The zero-order chi connectivity index (χ0) is 14.9. The molecule has 2 rings (SSSR count). The minimum Gasteiger partial charge on any atom is -0.278 e. The molecule has 0 aliphatic carbocycles. The van der Waals surface area contributed by atoms with Crippen molar-refractivity contribution in [3.63, 3.8) is 0 Å². The van der Waals surface area contributed by atoms with Crippen LogP contribution < -0.4 is 4.72 Å². The van der Waals surface area contributed by atoms with Gasteiger partial charge in [0.1, 0.15) is 4.90 Å². The van der Waals surface area contributed by atoms with E-state index in [-0.39, 0.29) is 4.90 Å². The topological polar surface area (TPSA) is 46.2 Å². The number of hydrogen-bond donors (Lipinski definition) is 1. The van der Waals surface area contributed by atoms with Gasteiger partial charge in [-0.1, -0.05) is 33.6 Å². The van der Waals surface area contributed by atoms with Crippen LogP contribution in [0.3, 0.4) is 0 Å². The number of anilines is 1. The summed E-state index contributed by atoms with van der Waals surface area (Å²) in [6.07, 6.45) is 0. The van der Waals surface area contributed by atoms with Crippen LogP contribution >= 0.6 is 43.5 Å². The van der Waals surface area contributed by atoms with E-state index >= 15 is 0 Å². The molecular weight excluding hydrogens is 429 g/mol.